The van der Waals surface area contributed by atoms with Gasteiger partial charge in [-0.3, -0.25) is 9.36 Å². The van der Waals surface area contributed by atoms with E-state index < -0.39 is 37.8 Å². The molecule has 0 bridgehead atoms. The van der Waals surface area contributed by atoms with Gasteiger partial charge in [-0.05, 0) is 20.8 Å². The Kier molecular flexibility index (Phi) is 4.28. The normalized spacial score (nSPS) is 14.3. The van der Waals surface area contributed by atoms with E-state index in [0.29, 0.717) is 4.57 Å². The summed E-state index contributed by atoms with van der Waals surface area (Å²) in [5, 5.41) is 9.55. The molecule has 9 heteroatoms. The van der Waals surface area contributed by atoms with Crippen LogP contribution in [0.3, 0.4) is 0 Å². The van der Waals surface area contributed by atoms with Crippen molar-refractivity contribution in [3.63, 3.8) is 0 Å². The van der Waals surface area contributed by atoms with Crippen LogP contribution in [0.5, 0.6) is 0 Å². The van der Waals surface area contributed by atoms with Gasteiger partial charge < -0.3 is 9.67 Å². The van der Waals surface area contributed by atoms with Gasteiger partial charge in [0.25, 0.3) is 5.56 Å². The number of aliphatic hydroxyl groups excluding tert-OH is 1. The molecule has 0 spiro atoms. The largest absolute Gasteiger partial charge is 0.391 e. The zero-order valence-corrected chi connectivity index (χ0v) is 12.9. The number of nitrogens with zero attached hydrogens (tertiary/aromatic N) is 2. The predicted molar refractivity (Wildman–Crippen MR) is 73.0 cm³/mol. The predicted octanol–water partition coefficient (Wildman–Crippen LogP) is -1.48. The molecule has 8 nitrogen and oxygen atoms in total. The van der Waals surface area contributed by atoms with Crippen molar-refractivity contribution in [2.24, 2.45) is 14.1 Å². The van der Waals surface area contributed by atoms with Crippen molar-refractivity contribution in [3.05, 3.63) is 27.0 Å². The number of aliphatic hydroxyl groups is 1. The molecule has 1 rings (SSSR count). The Hall–Kier alpha value is -1.45. The fourth-order valence-electron chi connectivity index (χ4n) is 1.45. The van der Waals surface area contributed by atoms with Crippen molar-refractivity contribution in [2.45, 2.75) is 37.3 Å². The SMILES string of the molecule is CC(O)C(C)(C)NS(=O)(=O)c1cn(C)c(=O)n(C)c1=O. The summed E-state index contributed by atoms with van der Waals surface area (Å²) >= 11 is 0. The summed E-state index contributed by atoms with van der Waals surface area (Å²) in [5.74, 6) is 0. The van der Waals surface area contributed by atoms with Gasteiger partial charge in [0.15, 0.2) is 4.90 Å². The fraction of sp³-hybridized carbons (Fsp3) is 0.636. The zero-order chi connectivity index (χ0) is 15.9. The summed E-state index contributed by atoms with van der Waals surface area (Å²) in [6, 6.07) is 0. The van der Waals surface area contributed by atoms with E-state index in [2.05, 4.69) is 4.72 Å². The second-order valence-corrected chi connectivity index (χ2v) is 6.90. The van der Waals surface area contributed by atoms with E-state index in [4.69, 9.17) is 0 Å². The number of nitrogens with one attached hydrogen (secondary N) is 1. The van der Waals surface area contributed by atoms with Gasteiger partial charge in [-0.2, -0.15) is 0 Å². The van der Waals surface area contributed by atoms with Crippen LogP contribution in [-0.2, 0) is 24.1 Å². The van der Waals surface area contributed by atoms with Crippen molar-refractivity contribution >= 4 is 10.0 Å². The lowest BCUT2D eigenvalue weighted by atomic mass is 10.0. The average molecular weight is 305 g/mol. The first-order valence-electron chi connectivity index (χ1n) is 5.89. The van der Waals surface area contributed by atoms with Gasteiger partial charge in [-0.1, -0.05) is 0 Å². The van der Waals surface area contributed by atoms with Crippen LogP contribution in [0, 0.1) is 0 Å². The quantitative estimate of drug-likeness (QED) is 0.705. The maximum absolute atomic E-state index is 12.2. The number of hydrogen-bond donors (Lipinski definition) is 2. The van der Waals surface area contributed by atoms with Crippen LogP contribution in [0.2, 0.25) is 0 Å². The molecule has 0 aliphatic rings. The molecule has 0 radical (unpaired) electrons. The number of rotatable bonds is 4. The molecule has 1 aromatic heterocycles. The molecular weight excluding hydrogens is 286 g/mol. The Morgan fingerprint density at radius 3 is 2.25 bits per heavy atom. The molecule has 0 saturated carbocycles. The van der Waals surface area contributed by atoms with Crippen LogP contribution in [-0.4, -0.2) is 34.3 Å². The average Bonchev–Trinajstić information content (AvgIpc) is 2.29. The Bertz CT molecular complexity index is 727. The summed E-state index contributed by atoms with van der Waals surface area (Å²) in [5.41, 5.74) is -2.69. The molecule has 1 unspecified atom stereocenters. The first kappa shape index (κ1) is 16.6. The van der Waals surface area contributed by atoms with Crippen LogP contribution in [0.25, 0.3) is 0 Å². The van der Waals surface area contributed by atoms with Gasteiger partial charge >= 0.3 is 5.69 Å². The van der Waals surface area contributed by atoms with E-state index in [1.807, 2.05) is 0 Å². The van der Waals surface area contributed by atoms with Crippen LogP contribution in [0.4, 0.5) is 0 Å². The molecule has 0 fully saturated rings. The lowest BCUT2D eigenvalue weighted by molar-refractivity contribution is 0.111. The number of aryl methyl sites for hydroxylation is 1. The molecule has 0 aliphatic heterocycles. The molecule has 0 aliphatic carbocycles. The van der Waals surface area contributed by atoms with Gasteiger partial charge in [-0.15, -0.1) is 0 Å². The molecule has 1 heterocycles. The Balaban J connectivity index is 3.46. The summed E-state index contributed by atoms with van der Waals surface area (Å²) in [4.78, 5) is 22.9. The van der Waals surface area contributed by atoms with Crippen LogP contribution in [0.15, 0.2) is 20.7 Å². The minimum atomic E-state index is -4.16. The van der Waals surface area contributed by atoms with E-state index in [-0.39, 0.29) is 0 Å². The molecular formula is C11H19N3O5S. The van der Waals surface area contributed by atoms with Crippen molar-refractivity contribution < 1.29 is 13.5 Å². The minimum Gasteiger partial charge on any atom is -0.391 e. The second kappa shape index (κ2) is 5.15. The Morgan fingerprint density at radius 2 is 1.80 bits per heavy atom. The van der Waals surface area contributed by atoms with E-state index >= 15 is 0 Å². The number of hydrogen-bond acceptors (Lipinski definition) is 5. The summed E-state index contributed by atoms with van der Waals surface area (Å²) in [6.45, 7) is 4.41. The number of sulfonamides is 1. The Morgan fingerprint density at radius 1 is 1.30 bits per heavy atom. The lowest BCUT2D eigenvalue weighted by Crippen LogP contribution is -2.52. The van der Waals surface area contributed by atoms with Gasteiger partial charge in [0.05, 0.1) is 11.6 Å². The highest BCUT2D eigenvalue weighted by Crippen LogP contribution is 2.13. The third-order valence-electron chi connectivity index (χ3n) is 3.15. The van der Waals surface area contributed by atoms with Crippen molar-refractivity contribution in [3.8, 4) is 0 Å². The lowest BCUT2D eigenvalue weighted by Gasteiger charge is -2.28. The molecule has 20 heavy (non-hydrogen) atoms. The highest BCUT2D eigenvalue weighted by molar-refractivity contribution is 7.89. The van der Waals surface area contributed by atoms with Gasteiger partial charge in [0, 0.05) is 20.3 Å². The first-order valence-corrected chi connectivity index (χ1v) is 7.37. The van der Waals surface area contributed by atoms with E-state index in [1.54, 1.807) is 0 Å². The smallest absolute Gasteiger partial charge is 0.330 e. The van der Waals surface area contributed by atoms with Crippen molar-refractivity contribution in [1.29, 1.82) is 0 Å². The van der Waals surface area contributed by atoms with Gasteiger partial charge in [0.2, 0.25) is 10.0 Å². The third kappa shape index (κ3) is 3.00. The van der Waals surface area contributed by atoms with Crippen LogP contribution >= 0.6 is 0 Å². The summed E-state index contributed by atoms with van der Waals surface area (Å²) in [7, 11) is -1.61. The second-order valence-electron chi connectivity index (χ2n) is 5.25. The third-order valence-corrected chi connectivity index (χ3v) is 4.80. The first-order chi connectivity index (χ1) is 8.90. The van der Waals surface area contributed by atoms with Crippen LogP contribution < -0.4 is 16.0 Å². The zero-order valence-electron chi connectivity index (χ0n) is 12.0. The molecule has 0 aromatic carbocycles. The fourth-order valence-corrected chi connectivity index (χ4v) is 3.08. The summed E-state index contributed by atoms with van der Waals surface area (Å²) < 4.78 is 28.4. The topological polar surface area (TPSA) is 110 Å². The monoisotopic (exact) mass is 305 g/mol. The maximum atomic E-state index is 12.2. The van der Waals surface area contributed by atoms with Gasteiger partial charge in [0.1, 0.15) is 0 Å². The molecule has 114 valence electrons. The maximum Gasteiger partial charge on any atom is 0.330 e. The van der Waals surface area contributed by atoms with E-state index in [9.17, 15) is 23.1 Å². The van der Waals surface area contributed by atoms with E-state index in [0.717, 1.165) is 10.8 Å². The minimum absolute atomic E-state index is 0.546. The van der Waals surface area contributed by atoms with Crippen molar-refractivity contribution in [2.75, 3.05) is 0 Å². The highest BCUT2D eigenvalue weighted by atomic mass is 32.2. The molecule has 1 aromatic rings. The molecule has 1 atom stereocenters. The Labute approximate surface area is 116 Å². The molecule has 0 amide bonds. The van der Waals surface area contributed by atoms with Gasteiger partial charge in [-0.25, -0.2) is 17.9 Å². The highest BCUT2D eigenvalue weighted by Gasteiger charge is 2.32. The summed E-state index contributed by atoms with van der Waals surface area (Å²) in [6.07, 6.45) is -0.000791. The molecule has 0 saturated heterocycles. The van der Waals surface area contributed by atoms with Crippen molar-refractivity contribution in [1.82, 2.24) is 13.9 Å². The standard InChI is InChI=1S/C11H19N3O5S/c1-7(15)11(2,3)12-20(18,19)8-6-13(4)10(17)14(5)9(8)16/h6-7,12,15H,1-5H3. The number of aromatic nitrogens is 2. The van der Waals surface area contributed by atoms with Crippen LogP contribution in [0.1, 0.15) is 20.8 Å². The molecule has 2 N–H and O–H groups in total. The van der Waals surface area contributed by atoms with E-state index in [1.165, 1.54) is 34.9 Å².